The second-order valence-corrected chi connectivity index (χ2v) is 2.71. The van der Waals surface area contributed by atoms with Gasteiger partial charge >= 0.3 is 0 Å². The summed E-state index contributed by atoms with van der Waals surface area (Å²) in [6.45, 7) is 1.63. The third-order valence-electron chi connectivity index (χ3n) is 1.86. The number of aromatic hydroxyl groups is 1. The summed E-state index contributed by atoms with van der Waals surface area (Å²) in [5.41, 5.74) is 0.437. The van der Waals surface area contributed by atoms with Gasteiger partial charge in [-0.05, 0) is 6.92 Å². The molecule has 0 aliphatic rings. The standard InChI is InChI=1S/C8H7N3O3/c1-5-8(13)6(4-12)9-11(5)7-2-3-14-10-7/h2-4,13H,1H3. The first-order valence-electron chi connectivity index (χ1n) is 3.88. The van der Waals surface area contributed by atoms with Crippen molar-refractivity contribution in [3.8, 4) is 11.6 Å². The normalized spacial score (nSPS) is 10.4. The number of rotatable bonds is 2. The van der Waals surface area contributed by atoms with Crippen molar-refractivity contribution in [2.75, 3.05) is 0 Å². The molecule has 72 valence electrons. The fraction of sp³-hybridized carbons (Fsp3) is 0.125. The minimum atomic E-state index is -0.136. The molecule has 2 aromatic rings. The zero-order valence-electron chi connectivity index (χ0n) is 7.34. The number of hydrogen-bond donors (Lipinski definition) is 1. The van der Waals surface area contributed by atoms with E-state index < -0.39 is 0 Å². The Hall–Kier alpha value is -2.11. The van der Waals surface area contributed by atoms with Crippen LogP contribution in [0.2, 0.25) is 0 Å². The summed E-state index contributed by atoms with van der Waals surface area (Å²) in [6, 6.07) is 1.58. The number of hydrogen-bond acceptors (Lipinski definition) is 5. The predicted octanol–water partition coefficient (Wildman–Crippen LogP) is 0.687. The van der Waals surface area contributed by atoms with Crippen LogP contribution in [0.25, 0.3) is 5.82 Å². The molecule has 0 amide bonds. The van der Waals surface area contributed by atoms with Crippen LogP contribution in [-0.4, -0.2) is 26.3 Å². The van der Waals surface area contributed by atoms with E-state index in [1.807, 2.05) is 0 Å². The predicted molar refractivity (Wildman–Crippen MR) is 45.4 cm³/mol. The van der Waals surface area contributed by atoms with Gasteiger partial charge in [0.05, 0.1) is 5.69 Å². The number of aromatic nitrogens is 3. The van der Waals surface area contributed by atoms with Crippen LogP contribution < -0.4 is 0 Å². The summed E-state index contributed by atoms with van der Waals surface area (Å²) < 4.78 is 5.96. The molecule has 2 rings (SSSR count). The molecule has 0 spiro atoms. The molecular formula is C8H7N3O3. The average Bonchev–Trinajstić information content (AvgIpc) is 2.78. The Bertz CT molecular complexity index is 458. The van der Waals surface area contributed by atoms with E-state index in [0.29, 0.717) is 17.8 Å². The van der Waals surface area contributed by atoms with Crippen LogP contribution in [0.3, 0.4) is 0 Å². The third kappa shape index (κ3) is 1.08. The molecule has 6 heteroatoms. The van der Waals surface area contributed by atoms with Crippen LogP contribution in [0.4, 0.5) is 0 Å². The minimum Gasteiger partial charge on any atom is -0.504 e. The average molecular weight is 193 g/mol. The Kier molecular flexibility index (Phi) is 1.81. The molecule has 0 saturated carbocycles. The SMILES string of the molecule is Cc1c(O)c(C=O)nn1-c1ccon1. The van der Waals surface area contributed by atoms with Gasteiger partial charge in [-0.1, -0.05) is 5.16 Å². The Labute approximate surface area is 78.7 Å². The van der Waals surface area contributed by atoms with Gasteiger partial charge in [-0.2, -0.15) is 5.10 Å². The van der Waals surface area contributed by atoms with Crippen LogP contribution in [0.15, 0.2) is 16.9 Å². The van der Waals surface area contributed by atoms with E-state index in [-0.39, 0.29) is 11.4 Å². The van der Waals surface area contributed by atoms with Crippen molar-refractivity contribution >= 4 is 6.29 Å². The van der Waals surface area contributed by atoms with Gasteiger partial charge in [-0.25, -0.2) is 4.68 Å². The van der Waals surface area contributed by atoms with Crippen molar-refractivity contribution in [1.29, 1.82) is 0 Å². The molecular weight excluding hydrogens is 186 g/mol. The number of carbonyl (C=O) groups is 1. The van der Waals surface area contributed by atoms with Gasteiger partial charge in [0, 0.05) is 6.07 Å². The number of aldehydes is 1. The van der Waals surface area contributed by atoms with E-state index in [0.717, 1.165) is 0 Å². The summed E-state index contributed by atoms with van der Waals surface area (Å²) >= 11 is 0. The molecule has 0 saturated heterocycles. The van der Waals surface area contributed by atoms with Crippen molar-refractivity contribution in [2.45, 2.75) is 6.92 Å². The van der Waals surface area contributed by atoms with E-state index >= 15 is 0 Å². The van der Waals surface area contributed by atoms with Crippen molar-refractivity contribution < 1.29 is 14.4 Å². The molecule has 2 heterocycles. The molecule has 6 nitrogen and oxygen atoms in total. The molecule has 0 aliphatic carbocycles. The van der Waals surface area contributed by atoms with Crippen LogP contribution in [-0.2, 0) is 0 Å². The number of nitrogens with zero attached hydrogens (tertiary/aromatic N) is 3. The van der Waals surface area contributed by atoms with Gasteiger partial charge < -0.3 is 9.63 Å². The van der Waals surface area contributed by atoms with Crippen LogP contribution >= 0.6 is 0 Å². The highest BCUT2D eigenvalue weighted by Crippen LogP contribution is 2.21. The zero-order chi connectivity index (χ0) is 10.1. The molecule has 0 unspecified atom stereocenters. The fourth-order valence-electron chi connectivity index (χ4n) is 1.13. The highest BCUT2D eigenvalue weighted by molar-refractivity contribution is 5.76. The highest BCUT2D eigenvalue weighted by atomic mass is 16.5. The lowest BCUT2D eigenvalue weighted by atomic mass is 10.3. The molecule has 2 aromatic heterocycles. The smallest absolute Gasteiger partial charge is 0.196 e. The molecule has 0 atom stereocenters. The molecule has 0 aliphatic heterocycles. The van der Waals surface area contributed by atoms with Crippen molar-refractivity contribution in [2.24, 2.45) is 0 Å². The van der Waals surface area contributed by atoms with Crippen molar-refractivity contribution in [1.82, 2.24) is 14.9 Å². The number of carbonyl (C=O) groups excluding carboxylic acids is 1. The summed E-state index contributed by atoms with van der Waals surface area (Å²) in [7, 11) is 0. The Balaban J connectivity index is 2.60. The van der Waals surface area contributed by atoms with Gasteiger partial charge in [-0.15, -0.1) is 0 Å². The summed E-state index contributed by atoms with van der Waals surface area (Å²) in [5.74, 6) is 0.286. The van der Waals surface area contributed by atoms with E-state index in [4.69, 9.17) is 0 Å². The van der Waals surface area contributed by atoms with Crippen molar-refractivity contribution in [3.05, 3.63) is 23.7 Å². The second kappa shape index (κ2) is 2.99. The Morgan fingerprint density at radius 2 is 2.43 bits per heavy atom. The second-order valence-electron chi connectivity index (χ2n) is 2.71. The van der Waals surface area contributed by atoms with Gasteiger partial charge in [-0.3, -0.25) is 4.79 Å². The van der Waals surface area contributed by atoms with E-state index in [9.17, 15) is 9.90 Å². The largest absolute Gasteiger partial charge is 0.504 e. The maximum absolute atomic E-state index is 10.5. The zero-order valence-corrected chi connectivity index (χ0v) is 7.34. The quantitative estimate of drug-likeness (QED) is 0.709. The first-order chi connectivity index (χ1) is 6.74. The van der Waals surface area contributed by atoms with E-state index in [1.165, 1.54) is 10.9 Å². The van der Waals surface area contributed by atoms with Gasteiger partial charge in [0.15, 0.2) is 23.5 Å². The lowest BCUT2D eigenvalue weighted by molar-refractivity contribution is 0.111. The summed E-state index contributed by atoms with van der Waals surface area (Å²) in [6.07, 6.45) is 1.87. The van der Waals surface area contributed by atoms with Gasteiger partial charge in [0.1, 0.15) is 6.26 Å². The fourth-order valence-corrected chi connectivity index (χ4v) is 1.13. The van der Waals surface area contributed by atoms with Crippen molar-refractivity contribution in [3.63, 3.8) is 0 Å². The van der Waals surface area contributed by atoms with Gasteiger partial charge in [0.25, 0.3) is 0 Å². The lowest BCUT2D eigenvalue weighted by Gasteiger charge is -1.95. The minimum absolute atomic E-state index is 0.00880. The Morgan fingerprint density at radius 3 is 2.93 bits per heavy atom. The van der Waals surface area contributed by atoms with E-state index in [1.54, 1.807) is 13.0 Å². The van der Waals surface area contributed by atoms with Crippen LogP contribution in [0, 0.1) is 6.92 Å². The molecule has 0 bridgehead atoms. The van der Waals surface area contributed by atoms with E-state index in [2.05, 4.69) is 14.8 Å². The maximum atomic E-state index is 10.5. The monoisotopic (exact) mass is 193 g/mol. The first kappa shape index (κ1) is 8.49. The van der Waals surface area contributed by atoms with Gasteiger partial charge in [0.2, 0.25) is 0 Å². The Morgan fingerprint density at radius 1 is 1.64 bits per heavy atom. The highest BCUT2D eigenvalue weighted by Gasteiger charge is 2.15. The molecule has 1 N–H and O–H groups in total. The molecule has 0 radical (unpaired) electrons. The molecule has 14 heavy (non-hydrogen) atoms. The van der Waals surface area contributed by atoms with Crippen LogP contribution in [0.5, 0.6) is 5.75 Å². The topological polar surface area (TPSA) is 81.1 Å². The summed E-state index contributed by atoms with van der Waals surface area (Å²) in [4.78, 5) is 10.5. The summed E-state index contributed by atoms with van der Waals surface area (Å²) in [5, 5.41) is 16.9. The molecule has 0 aromatic carbocycles. The first-order valence-corrected chi connectivity index (χ1v) is 3.88. The third-order valence-corrected chi connectivity index (χ3v) is 1.86. The van der Waals surface area contributed by atoms with Crippen LogP contribution in [0.1, 0.15) is 16.2 Å². The maximum Gasteiger partial charge on any atom is 0.196 e. The molecule has 0 fully saturated rings. The lowest BCUT2D eigenvalue weighted by Crippen LogP contribution is -1.99.